The number of ketones is 1. The molecule has 0 aliphatic rings. The number of phenolic OH excluding ortho intramolecular Hbond substituents is 1. The lowest BCUT2D eigenvalue weighted by atomic mass is 10.1. The molecule has 1 aromatic heterocycles. The highest BCUT2D eigenvalue weighted by atomic mass is 79.9. The molecule has 0 unspecified atom stereocenters. The SMILES string of the molecule is O=C(c1ccc(O)c(Br)c1)c1ccco1. The number of phenols is 1. The van der Waals surface area contributed by atoms with E-state index in [2.05, 4.69) is 15.9 Å². The second-order valence-corrected chi connectivity index (χ2v) is 3.83. The zero-order chi connectivity index (χ0) is 10.8. The topological polar surface area (TPSA) is 50.4 Å². The Kier molecular flexibility index (Phi) is 2.60. The van der Waals surface area contributed by atoms with Crippen molar-refractivity contribution in [3.63, 3.8) is 0 Å². The van der Waals surface area contributed by atoms with Crippen LogP contribution in [0.4, 0.5) is 0 Å². The first-order valence-corrected chi connectivity index (χ1v) is 5.04. The minimum atomic E-state index is -0.208. The fraction of sp³-hybridized carbons (Fsp3) is 0. The Hall–Kier alpha value is -1.55. The summed E-state index contributed by atoms with van der Waals surface area (Å²) in [6, 6.07) is 7.82. The number of halogens is 1. The minimum Gasteiger partial charge on any atom is -0.507 e. The molecule has 4 heteroatoms. The number of carbonyl (C=O) groups excluding carboxylic acids is 1. The van der Waals surface area contributed by atoms with E-state index in [1.165, 1.54) is 12.3 Å². The third kappa shape index (κ3) is 1.94. The Balaban J connectivity index is 2.39. The normalized spacial score (nSPS) is 10.2. The van der Waals surface area contributed by atoms with Crippen molar-refractivity contribution in [2.45, 2.75) is 0 Å². The molecule has 0 radical (unpaired) electrons. The van der Waals surface area contributed by atoms with Crippen molar-refractivity contribution in [2.24, 2.45) is 0 Å². The van der Waals surface area contributed by atoms with E-state index < -0.39 is 0 Å². The van der Waals surface area contributed by atoms with E-state index in [9.17, 15) is 9.90 Å². The second-order valence-electron chi connectivity index (χ2n) is 2.97. The summed E-state index contributed by atoms with van der Waals surface area (Å²) in [6.45, 7) is 0. The number of furan rings is 1. The van der Waals surface area contributed by atoms with E-state index in [4.69, 9.17) is 4.42 Å². The van der Waals surface area contributed by atoms with Crippen LogP contribution in [0, 0.1) is 0 Å². The first-order chi connectivity index (χ1) is 7.18. The lowest BCUT2D eigenvalue weighted by Gasteiger charge is -2.00. The average Bonchev–Trinajstić information content (AvgIpc) is 2.74. The van der Waals surface area contributed by atoms with Crippen molar-refractivity contribution in [3.05, 3.63) is 52.4 Å². The third-order valence-electron chi connectivity index (χ3n) is 1.95. The number of hydrogen-bond acceptors (Lipinski definition) is 3. The molecule has 0 fully saturated rings. The van der Waals surface area contributed by atoms with Crippen LogP contribution >= 0.6 is 15.9 Å². The van der Waals surface area contributed by atoms with Gasteiger partial charge in [-0.15, -0.1) is 0 Å². The molecule has 0 saturated heterocycles. The molecule has 2 aromatic rings. The third-order valence-corrected chi connectivity index (χ3v) is 2.59. The van der Waals surface area contributed by atoms with E-state index in [-0.39, 0.29) is 17.3 Å². The summed E-state index contributed by atoms with van der Waals surface area (Å²) in [5.74, 6) is 0.180. The Morgan fingerprint density at radius 2 is 2.13 bits per heavy atom. The molecule has 0 aliphatic carbocycles. The van der Waals surface area contributed by atoms with Gasteiger partial charge in [-0.25, -0.2) is 0 Å². The zero-order valence-corrected chi connectivity index (χ0v) is 9.19. The summed E-state index contributed by atoms with van der Waals surface area (Å²) in [6.07, 6.45) is 1.45. The van der Waals surface area contributed by atoms with Crippen LogP contribution < -0.4 is 0 Å². The smallest absolute Gasteiger partial charge is 0.228 e. The Morgan fingerprint density at radius 1 is 1.33 bits per heavy atom. The van der Waals surface area contributed by atoms with Crippen LogP contribution in [0.15, 0.2) is 45.5 Å². The first kappa shape index (κ1) is 9.98. The Labute approximate surface area is 94.5 Å². The van der Waals surface area contributed by atoms with Gasteiger partial charge in [0.2, 0.25) is 5.78 Å². The van der Waals surface area contributed by atoms with Crippen LogP contribution in [0.1, 0.15) is 16.1 Å². The number of hydrogen-bond donors (Lipinski definition) is 1. The van der Waals surface area contributed by atoms with Crippen LogP contribution in [0.5, 0.6) is 5.75 Å². The van der Waals surface area contributed by atoms with Gasteiger partial charge < -0.3 is 9.52 Å². The van der Waals surface area contributed by atoms with Gasteiger partial charge in [-0.05, 0) is 46.3 Å². The quantitative estimate of drug-likeness (QED) is 0.851. The molecule has 0 bridgehead atoms. The highest BCUT2D eigenvalue weighted by molar-refractivity contribution is 9.10. The van der Waals surface area contributed by atoms with Gasteiger partial charge >= 0.3 is 0 Å². The molecule has 0 saturated carbocycles. The summed E-state index contributed by atoms with van der Waals surface area (Å²) in [5, 5.41) is 9.27. The van der Waals surface area contributed by atoms with Gasteiger partial charge in [0.05, 0.1) is 10.7 Å². The molecule has 0 spiro atoms. The van der Waals surface area contributed by atoms with Crippen molar-refractivity contribution in [3.8, 4) is 5.75 Å². The molecule has 0 aliphatic heterocycles. The lowest BCUT2D eigenvalue weighted by molar-refractivity contribution is 0.101. The van der Waals surface area contributed by atoms with E-state index >= 15 is 0 Å². The fourth-order valence-electron chi connectivity index (χ4n) is 1.20. The van der Waals surface area contributed by atoms with Crippen molar-refractivity contribution in [1.82, 2.24) is 0 Å². The summed E-state index contributed by atoms with van der Waals surface area (Å²) in [5.41, 5.74) is 0.467. The largest absolute Gasteiger partial charge is 0.507 e. The number of rotatable bonds is 2. The Morgan fingerprint density at radius 3 is 2.73 bits per heavy atom. The molecule has 3 nitrogen and oxygen atoms in total. The standard InChI is InChI=1S/C11H7BrO3/c12-8-6-7(3-4-9(8)13)11(14)10-2-1-5-15-10/h1-6,13H. The predicted octanol–water partition coefficient (Wildman–Crippen LogP) is 2.98. The minimum absolute atomic E-state index is 0.103. The number of benzene rings is 1. The van der Waals surface area contributed by atoms with E-state index in [0.29, 0.717) is 10.0 Å². The molecule has 1 heterocycles. The van der Waals surface area contributed by atoms with Gasteiger partial charge in [-0.1, -0.05) is 0 Å². The van der Waals surface area contributed by atoms with Gasteiger partial charge in [-0.3, -0.25) is 4.79 Å². The lowest BCUT2D eigenvalue weighted by Crippen LogP contribution is -1.98. The molecule has 76 valence electrons. The maximum atomic E-state index is 11.8. The maximum absolute atomic E-state index is 11.8. The number of carbonyl (C=O) groups is 1. The van der Waals surface area contributed by atoms with Crippen molar-refractivity contribution < 1.29 is 14.3 Å². The highest BCUT2D eigenvalue weighted by Crippen LogP contribution is 2.25. The van der Waals surface area contributed by atoms with Gasteiger partial charge in [0.1, 0.15) is 5.75 Å². The molecule has 0 atom stereocenters. The van der Waals surface area contributed by atoms with Crippen molar-refractivity contribution >= 4 is 21.7 Å². The molecule has 1 N–H and O–H groups in total. The monoisotopic (exact) mass is 266 g/mol. The summed E-state index contributed by atoms with van der Waals surface area (Å²) in [4.78, 5) is 11.8. The van der Waals surface area contributed by atoms with Gasteiger partial charge in [-0.2, -0.15) is 0 Å². The van der Waals surface area contributed by atoms with Gasteiger partial charge in [0.25, 0.3) is 0 Å². The molecule has 1 aromatic carbocycles. The van der Waals surface area contributed by atoms with Crippen LogP contribution in [-0.2, 0) is 0 Å². The predicted molar refractivity (Wildman–Crippen MR) is 57.9 cm³/mol. The van der Waals surface area contributed by atoms with Crippen LogP contribution in [0.25, 0.3) is 0 Å². The number of aromatic hydroxyl groups is 1. The van der Waals surface area contributed by atoms with Gasteiger partial charge in [0, 0.05) is 5.56 Å². The molecular weight excluding hydrogens is 260 g/mol. The highest BCUT2D eigenvalue weighted by Gasteiger charge is 2.12. The van der Waals surface area contributed by atoms with Crippen molar-refractivity contribution in [1.29, 1.82) is 0 Å². The first-order valence-electron chi connectivity index (χ1n) is 4.25. The molecule has 0 amide bonds. The van der Waals surface area contributed by atoms with E-state index in [1.54, 1.807) is 24.3 Å². The van der Waals surface area contributed by atoms with E-state index in [1.807, 2.05) is 0 Å². The maximum Gasteiger partial charge on any atom is 0.228 e. The average molecular weight is 267 g/mol. The van der Waals surface area contributed by atoms with E-state index in [0.717, 1.165) is 0 Å². The van der Waals surface area contributed by atoms with Crippen LogP contribution in [0.3, 0.4) is 0 Å². The molecule has 15 heavy (non-hydrogen) atoms. The Bertz CT molecular complexity index is 489. The molecule has 2 rings (SSSR count). The molecular formula is C11H7BrO3. The van der Waals surface area contributed by atoms with Gasteiger partial charge in [0.15, 0.2) is 5.76 Å². The zero-order valence-electron chi connectivity index (χ0n) is 7.61. The summed E-state index contributed by atoms with van der Waals surface area (Å²) in [7, 11) is 0. The van der Waals surface area contributed by atoms with Crippen LogP contribution in [-0.4, -0.2) is 10.9 Å². The fourth-order valence-corrected chi connectivity index (χ4v) is 1.58. The second kappa shape index (κ2) is 3.90. The van der Waals surface area contributed by atoms with Crippen molar-refractivity contribution in [2.75, 3.05) is 0 Å². The summed E-state index contributed by atoms with van der Waals surface area (Å²) >= 11 is 3.14. The van der Waals surface area contributed by atoms with Crippen LogP contribution in [0.2, 0.25) is 0 Å². The summed E-state index contributed by atoms with van der Waals surface area (Å²) < 4.78 is 5.48.